The number of likely N-dealkylation sites (tertiary alicyclic amines) is 1. The summed E-state index contributed by atoms with van der Waals surface area (Å²) in [6.07, 6.45) is 7.11. The zero-order chi connectivity index (χ0) is 57.2. The van der Waals surface area contributed by atoms with Crippen LogP contribution < -0.4 is 26.4 Å². The molecule has 0 radical (unpaired) electrons. The quantitative estimate of drug-likeness (QED) is 0.0720. The van der Waals surface area contributed by atoms with E-state index in [2.05, 4.69) is 69.2 Å². The minimum atomic E-state index is -1.18. The number of hydrogen-bond acceptors (Lipinski definition) is 16. The molecule has 4 aromatic heterocycles. The molecule has 3 atom stereocenters. The van der Waals surface area contributed by atoms with E-state index in [1.807, 2.05) is 69.6 Å². The summed E-state index contributed by atoms with van der Waals surface area (Å²) in [5.74, 6) is -0.132. The SMILES string of the molecule is C=CCn1c(=O)c2cnc(Nc3ccc(N4CCN(C5CCC(N6CCN(CC(=O)N[C@H](C(=O)N7CC(O)CC7C(=O)NCc7ccc(-c8scnc8C)cc7)C(C)(C)C)CC6)CC5)CC4)cc3)nc2n1-c1cccc(C(C)(C)O)n1. The smallest absolute Gasteiger partial charge is 0.278 e. The predicted octanol–water partition coefficient (Wildman–Crippen LogP) is 5.43. The minimum Gasteiger partial charge on any atom is -0.391 e. The summed E-state index contributed by atoms with van der Waals surface area (Å²) in [6, 6.07) is 21.0. The van der Waals surface area contributed by atoms with Crippen molar-refractivity contribution < 1.29 is 24.6 Å². The number of anilines is 3. The molecule has 20 nitrogen and oxygen atoms in total. The molecule has 0 bridgehead atoms. The van der Waals surface area contributed by atoms with E-state index in [1.165, 1.54) is 28.6 Å². The molecule has 21 heteroatoms. The Bertz CT molecular complexity index is 3250. The Morgan fingerprint density at radius 3 is 2.14 bits per heavy atom. The lowest BCUT2D eigenvalue weighted by atomic mass is 9.85. The van der Waals surface area contributed by atoms with E-state index in [0.29, 0.717) is 40.6 Å². The maximum atomic E-state index is 14.3. The van der Waals surface area contributed by atoms with Crippen LogP contribution in [0.25, 0.3) is 27.3 Å². The molecule has 0 spiro atoms. The number of amides is 3. The van der Waals surface area contributed by atoms with Gasteiger partial charge < -0.3 is 36.0 Å². The fraction of sp³-hybridized carbons (Fsp3) is 0.500. The third kappa shape index (κ3) is 13.1. The van der Waals surface area contributed by atoms with Crippen LogP contribution in [-0.4, -0.2) is 173 Å². The molecule has 430 valence electrons. The number of pyridine rings is 1. The van der Waals surface area contributed by atoms with Crippen molar-refractivity contribution in [2.45, 2.75) is 123 Å². The van der Waals surface area contributed by atoms with Crippen molar-refractivity contribution in [2.24, 2.45) is 5.41 Å². The van der Waals surface area contributed by atoms with E-state index in [1.54, 1.807) is 54.1 Å². The van der Waals surface area contributed by atoms with Gasteiger partial charge in [-0.15, -0.1) is 17.9 Å². The van der Waals surface area contributed by atoms with Gasteiger partial charge in [0.15, 0.2) is 11.5 Å². The summed E-state index contributed by atoms with van der Waals surface area (Å²) >= 11 is 1.59. The number of aliphatic hydroxyl groups excluding tert-OH is 1. The number of carbonyl (C=O) groups is 3. The van der Waals surface area contributed by atoms with Gasteiger partial charge in [-0.1, -0.05) is 57.2 Å². The number of aryl methyl sites for hydroxylation is 1. The van der Waals surface area contributed by atoms with Crippen molar-refractivity contribution in [1.29, 1.82) is 0 Å². The standard InChI is InChI=1S/C60H78N14O6S/c1-8-24-73-56(78)47-35-62-58(67-54(47)74(73)50-11-9-10-49(65-50)60(6,7)80)64-42-16-18-43(19-17-42)70-29-31-71(32-30-70)45-22-20-44(21-23-45)69-27-25-68(26-28-69)37-51(76)66-53(59(3,4)5)57(79)72-36-46(75)33-48(72)55(77)61-34-40-12-14-41(15-13-40)52-39(2)63-38-81-52/h8-19,35,38,44-46,48,53,75,80H,1,20-34,36-37H2,2-7H3,(H,61,77)(H,66,76)(H,62,64,67)/t44?,45?,46?,48?,53-/m1/s1. The highest BCUT2D eigenvalue weighted by atomic mass is 32.1. The van der Waals surface area contributed by atoms with Gasteiger partial charge in [0.25, 0.3) is 5.56 Å². The van der Waals surface area contributed by atoms with Crippen LogP contribution in [0.3, 0.4) is 0 Å². The number of aromatic nitrogens is 6. The molecule has 5 N–H and O–H groups in total. The number of allylic oxidation sites excluding steroid dienone is 1. The highest BCUT2D eigenvalue weighted by molar-refractivity contribution is 7.13. The van der Waals surface area contributed by atoms with Crippen molar-refractivity contribution in [3.8, 4) is 16.3 Å². The average Bonchev–Trinajstić information content (AvgIpc) is 4.01. The third-order valence-electron chi connectivity index (χ3n) is 16.5. The highest BCUT2D eigenvalue weighted by Gasteiger charge is 2.45. The summed E-state index contributed by atoms with van der Waals surface area (Å²) in [5, 5.41) is 31.1. The predicted molar refractivity (Wildman–Crippen MR) is 316 cm³/mol. The molecule has 4 aliphatic rings. The lowest BCUT2D eigenvalue weighted by Gasteiger charge is -2.45. The van der Waals surface area contributed by atoms with E-state index in [4.69, 9.17) is 4.98 Å². The molecule has 3 amide bonds. The maximum absolute atomic E-state index is 14.3. The van der Waals surface area contributed by atoms with Crippen LogP contribution in [-0.2, 0) is 33.1 Å². The molecule has 4 fully saturated rings. The molecule has 3 aliphatic heterocycles. The van der Waals surface area contributed by atoms with Crippen molar-refractivity contribution >= 4 is 57.4 Å². The fourth-order valence-corrected chi connectivity index (χ4v) is 12.8. The van der Waals surface area contributed by atoms with Gasteiger partial charge in [-0.25, -0.2) is 24.3 Å². The second-order valence-electron chi connectivity index (χ2n) is 23.8. The topological polar surface area (TPSA) is 222 Å². The minimum absolute atomic E-state index is 0.0277. The first kappa shape index (κ1) is 57.4. The Morgan fingerprint density at radius 2 is 1.52 bits per heavy atom. The summed E-state index contributed by atoms with van der Waals surface area (Å²) in [5.41, 5.74) is 5.52. The number of hydrogen-bond donors (Lipinski definition) is 5. The first-order chi connectivity index (χ1) is 38.8. The van der Waals surface area contributed by atoms with Gasteiger partial charge in [0.05, 0.1) is 41.0 Å². The average molecular weight is 1120 g/mol. The van der Waals surface area contributed by atoms with Crippen LogP contribution in [0.2, 0.25) is 0 Å². The zero-order valence-electron chi connectivity index (χ0n) is 47.6. The Balaban J connectivity index is 0.656. The van der Waals surface area contributed by atoms with E-state index >= 15 is 0 Å². The number of thiazole rings is 1. The van der Waals surface area contributed by atoms with Crippen LogP contribution in [0, 0.1) is 12.3 Å². The Labute approximate surface area is 477 Å². The molecular weight excluding hydrogens is 1040 g/mol. The van der Waals surface area contributed by atoms with E-state index in [0.717, 1.165) is 98.3 Å². The molecule has 2 aromatic carbocycles. The number of β-amino-alcohol motifs (C(OH)–C–C–N with tert-alkyl or cyclic N) is 1. The number of benzene rings is 2. The summed E-state index contributed by atoms with van der Waals surface area (Å²) < 4.78 is 3.16. The van der Waals surface area contributed by atoms with Gasteiger partial charge in [0, 0.05) is 102 Å². The van der Waals surface area contributed by atoms with Gasteiger partial charge in [0.1, 0.15) is 23.1 Å². The van der Waals surface area contributed by atoms with Crippen LogP contribution in [0.4, 0.5) is 17.3 Å². The van der Waals surface area contributed by atoms with Crippen molar-refractivity contribution in [2.75, 3.05) is 75.7 Å². The van der Waals surface area contributed by atoms with Gasteiger partial charge >= 0.3 is 0 Å². The first-order valence-electron chi connectivity index (χ1n) is 28.5. The molecule has 1 saturated carbocycles. The Hall–Kier alpha value is -6.88. The van der Waals surface area contributed by atoms with Gasteiger partial charge in [-0.2, -0.15) is 4.98 Å². The number of carbonyl (C=O) groups excluding carboxylic acids is 3. The summed E-state index contributed by atoms with van der Waals surface area (Å²) in [4.78, 5) is 85.9. The van der Waals surface area contributed by atoms with E-state index < -0.39 is 29.2 Å². The first-order valence-corrected chi connectivity index (χ1v) is 29.4. The largest absolute Gasteiger partial charge is 0.391 e. The third-order valence-corrected chi connectivity index (χ3v) is 17.5. The summed E-state index contributed by atoms with van der Waals surface area (Å²) in [6.45, 7) is 22.8. The Kier molecular flexibility index (Phi) is 17.2. The number of nitrogens with zero attached hydrogens (tertiary/aromatic N) is 11. The van der Waals surface area contributed by atoms with Crippen LogP contribution >= 0.6 is 11.3 Å². The van der Waals surface area contributed by atoms with E-state index in [-0.39, 0.29) is 55.9 Å². The second-order valence-corrected chi connectivity index (χ2v) is 24.6. The number of rotatable bonds is 17. The number of nitrogens with one attached hydrogen (secondary N) is 3. The molecule has 7 heterocycles. The summed E-state index contributed by atoms with van der Waals surface area (Å²) in [7, 11) is 0. The van der Waals surface area contributed by atoms with Gasteiger partial charge in [-0.3, -0.25) is 33.9 Å². The van der Waals surface area contributed by atoms with E-state index in [9.17, 15) is 29.4 Å². The fourth-order valence-electron chi connectivity index (χ4n) is 12.0. The van der Waals surface area contributed by atoms with Crippen molar-refractivity contribution in [3.05, 3.63) is 118 Å². The van der Waals surface area contributed by atoms with Crippen LogP contribution in [0.15, 0.2) is 95.9 Å². The van der Waals surface area contributed by atoms with Crippen molar-refractivity contribution in [3.63, 3.8) is 0 Å². The maximum Gasteiger partial charge on any atom is 0.278 e. The lowest BCUT2D eigenvalue weighted by Crippen LogP contribution is -2.59. The molecular formula is C60H78N14O6S. The molecule has 2 unspecified atom stereocenters. The normalized spacial score (nSPS) is 21.0. The molecule has 3 saturated heterocycles. The highest BCUT2D eigenvalue weighted by Crippen LogP contribution is 2.32. The number of fused-ring (bicyclic) bond motifs is 1. The lowest BCUT2D eigenvalue weighted by molar-refractivity contribution is -0.144. The molecule has 10 rings (SSSR count). The monoisotopic (exact) mass is 1120 g/mol. The van der Waals surface area contributed by atoms with Crippen LogP contribution in [0.1, 0.15) is 83.7 Å². The molecule has 6 aromatic rings. The molecule has 1 aliphatic carbocycles. The van der Waals surface area contributed by atoms with Crippen molar-refractivity contribution in [1.82, 2.24) is 59.5 Å². The Morgan fingerprint density at radius 1 is 0.852 bits per heavy atom. The van der Waals surface area contributed by atoms with Crippen LogP contribution in [0.5, 0.6) is 0 Å². The second kappa shape index (κ2) is 24.3. The number of aliphatic hydroxyl groups is 2. The van der Waals surface area contributed by atoms with Gasteiger partial charge in [0.2, 0.25) is 23.7 Å². The zero-order valence-corrected chi connectivity index (χ0v) is 48.4. The van der Waals surface area contributed by atoms with Gasteiger partial charge in [-0.05, 0) is 99.4 Å². The number of piperazine rings is 2. The molecule has 81 heavy (non-hydrogen) atoms.